The topological polar surface area (TPSA) is 105 Å². The molecule has 0 bridgehead atoms. The van der Waals surface area contributed by atoms with Crippen LogP contribution in [0.25, 0.3) is 33.3 Å². The summed E-state index contributed by atoms with van der Waals surface area (Å²) >= 11 is 0. The first-order valence-corrected chi connectivity index (χ1v) is 9.33. The van der Waals surface area contributed by atoms with Gasteiger partial charge in [-0.05, 0) is 35.4 Å². The molecule has 0 aliphatic heterocycles. The summed E-state index contributed by atoms with van der Waals surface area (Å²) in [5.74, 6) is 0.0886. The Hall–Kier alpha value is -3.81. The van der Waals surface area contributed by atoms with Crippen molar-refractivity contribution in [3.05, 3.63) is 78.6 Å². The monoisotopic (exact) mass is 401 g/mol. The van der Waals surface area contributed by atoms with E-state index in [0.717, 1.165) is 16.7 Å². The van der Waals surface area contributed by atoms with Crippen LogP contribution in [0.1, 0.15) is 10.4 Å². The summed E-state index contributed by atoms with van der Waals surface area (Å²) in [4.78, 5) is 20.8. The molecule has 3 N–H and O–H groups in total. The van der Waals surface area contributed by atoms with Crippen molar-refractivity contribution in [1.82, 2.24) is 15.4 Å². The number of amides is 1. The third-order valence-electron chi connectivity index (χ3n) is 4.68. The van der Waals surface area contributed by atoms with Crippen LogP contribution in [0.3, 0.4) is 0 Å². The average molecular weight is 401 g/mol. The van der Waals surface area contributed by atoms with Crippen molar-refractivity contribution in [2.75, 3.05) is 13.2 Å². The lowest BCUT2D eigenvalue weighted by Gasteiger charge is -2.09. The summed E-state index contributed by atoms with van der Waals surface area (Å²) in [5, 5.41) is 18.5. The van der Waals surface area contributed by atoms with E-state index in [0.29, 0.717) is 27.9 Å². The van der Waals surface area contributed by atoms with Gasteiger partial charge >= 0.3 is 0 Å². The van der Waals surface area contributed by atoms with Crippen LogP contribution < -0.4 is 10.2 Å². The Kier molecular flexibility index (Phi) is 5.65. The molecule has 2 aromatic carbocycles. The predicted molar refractivity (Wildman–Crippen MR) is 112 cm³/mol. The van der Waals surface area contributed by atoms with Crippen LogP contribution in [0.2, 0.25) is 0 Å². The SMILES string of the molecule is O=C(NO)c1cc(-c2ccc(-c3ccc(OCCO)cc3)cc2)nc2ccncc12. The second-order valence-electron chi connectivity index (χ2n) is 6.56. The second-order valence-corrected chi connectivity index (χ2v) is 6.56. The molecule has 150 valence electrons. The standard InChI is InChI=1S/C23H19N3O4/c27-11-12-30-18-7-5-16(6-8-18)15-1-3-17(4-2-15)22-13-19(23(28)26-29)20-14-24-10-9-21(20)25-22/h1-10,13-14,27,29H,11-12H2,(H,26,28). The Bertz CT molecular complexity index is 1180. The lowest BCUT2D eigenvalue weighted by molar-refractivity contribution is 0.0708. The number of hydrogen-bond donors (Lipinski definition) is 3. The molecule has 2 heterocycles. The van der Waals surface area contributed by atoms with E-state index in [9.17, 15) is 4.79 Å². The van der Waals surface area contributed by atoms with Crippen LogP contribution in [0, 0.1) is 0 Å². The van der Waals surface area contributed by atoms with Gasteiger partial charge in [-0.15, -0.1) is 0 Å². The van der Waals surface area contributed by atoms with Gasteiger partial charge in [0.05, 0.1) is 23.4 Å². The summed E-state index contributed by atoms with van der Waals surface area (Å²) < 4.78 is 5.38. The average Bonchev–Trinajstić information content (AvgIpc) is 2.82. The Labute approximate surface area is 172 Å². The maximum atomic E-state index is 12.1. The zero-order valence-electron chi connectivity index (χ0n) is 15.9. The molecule has 0 aliphatic rings. The third-order valence-corrected chi connectivity index (χ3v) is 4.68. The Morgan fingerprint density at radius 3 is 2.30 bits per heavy atom. The number of carbonyl (C=O) groups is 1. The molecule has 0 atom stereocenters. The number of hydroxylamine groups is 1. The van der Waals surface area contributed by atoms with Crippen molar-refractivity contribution in [3.8, 4) is 28.1 Å². The van der Waals surface area contributed by atoms with Crippen LogP contribution in [-0.4, -0.2) is 39.4 Å². The predicted octanol–water partition coefficient (Wildman–Crippen LogP) is 3.45. The number of nitrogens with zero attached hydrogens (tertiary/aromatic N) is 2. The largest absolute Gasteiger partial charge is 0.491 e. The number of rotatable bonds is 6. The van der Waals surface area contributed by atoms with E-state index in [1.54, 1.807) is 30.0 Å². The first-order chi connectivity index (χ1) is 14.7. The van der Waals surface area contributed by atoms with Gasteiger partial charge in [-0.2, -0.15) is 0 Å². The third kappa shape index (κ3) is 3.98. The van der Waals surface area contributed by atoms with E-state index in [4.69, 9.17) is 15.1 Å². The van der Waals surface area contributed by atoms with Crippen LogP contribution in [0.15, 0.2) is 73.1 Å². The number of carbonyl (C=O) groups excluding carboxylic acids is 1. The summed E-state index contributed by atoms with van der Waals surface area (Å²) in [6.45, 7) is 0.239. The van der Waals surface area contributed by atoms with Gasteiger partial charge in [-0.1, -0.05) is 36.4 Å². The van der Waals surface area contributed by atoms with E-state index in [2.05, 4.69) is 9.97 Å². The molecule has 0 radical (unpaired) electrons. The molecule has 0 fully saturated rings. The van der Waals surface area contributed by atoms with E-state index >= 15 is 0 Å². The highest BCUT2D eigenvalue weighted by Crippen LogP contribution is 2.28. The fraction of sp³-hybridized carbons (Fsp3) is 0.0870. The minimum atomic E-state index is -0.614. The quantitative estimate of drug-likeness (QED) is 0.338. The zero-order chi connectivity index (χ0) is 20.9. The normalized spacial score (nSPS) is 10.7. The van der Waals surface area contributed by atoms with E-state index in [-0.39, 0.29) is 13.2 Å². The summed E-state index contributed by atoms with van der Waals surface area (Å²) in [6, 6.07) is 18.8. The molecule has 0 unspecified atom stereocenters. The van der Waals surface area contributed by atoms with Gasteiger partial charge in [0.25, 0.3) is 5.91 Å². The molecule has 4 aromatic rings. The summed E-state index contributed by atoms with van der Waals surface area (Å²) in [5.41, 5.74) is 6.10. The Morgan fingerprint density at radius 1 is 0.967 bits per heavy atom. The zero-order valence-corrected chi connectivity index (χ0v) is 15.9. The summed E-state index contributed by atoms with van der Waals surface area (Å²) in [6.07, 6.45) is 3.16. The Balaban J connectivity index is 1.66. The van der Waals surface area contributed by atoms with Crippen LogP contribution >= 0.6 is 0 Å². The summed E-state index contributed by atoms with van der Waals surface area (Å²) in [7, 11) is 0. The van der Waals surface area contributed by atoms with Gasteiger partial charge in [0.15, 0.2) is 0 Å². The van der Waals surface area contributed by atoms with Crippen molar-refractivity contribution >= 4 is 16.8 Å². The van der Waals surface area contributed by atoms with Crippen LogP contribution in [0.4, 0.5) is 0 Å². The van der Waals surface area contributed by atoms with Crippen molar-refractivity contribution in [2.45, 2.75) is 0 Å². The second kappa shape index (κ2) is 8.69. The minimum absolute atomic E-state index is 0.0236. The van der Waals surface area contributed by atoms with E-state index < -0.39 is 5.91 Å². The number of fused-ring (bicyclic) bond motifs is 1. The number of nitrogens with one attached hydrogen (secondary N) is 1. The lowest BCUT2D eigenvalue weighted by Crippen LogP contribution is -2.19. The number of aromatic nitrogens is 2. The van der Waals surface area contributed by atoms with Crippen molar-refractivity contribution < 1.29 is 19.8 Å². The number of benzene rings is 2. The molecule has 2 aromatic heterocycles. The van der Waals surface area contributed by atoms with Crippen molar-refractivity contribution in [1.29, 1.82) is 0 Å². The van der Waals surface area contributed by atoms with Gasteiger partial charge in [-0.3, -0.25) is 15.0 Å². The van der Waals surface area contributed by atoms with Gasteiger partial charge in [0.2, 0.25) is 0 Å². The molecule has 7 heteroatoms. The van der Waals surface area contributed by atoms with Gasteiger partial charge in [-0.25, -0.2) is 10.5 Å². The number of pyridine rings is 2. The van der Waals surface area contributed by atoms with Gasteiger partial charge in [0, 0.05) is 23.3 Å². The van der Waals surface area contributed by atoms with Crippen molar-refractivity contribution in [2.24, 2.45) is 0 Å². The maximum Gasteiger partial charge on any atom is 0.275 e. The molecule has 0 saturated carbocycles. The lowest BCUT2D eigenvalue weighted by atomic mass is 10.0. The molecule has 0 saturated heterocycles. The molecule has 1 amide bonds. The smallest absolute Gasteiger partial charge is 0.275 e. The highest BCUT2D eigenvalue weighted by atomic mass is 16.5. The highest BCUT2D eigenvalue weighted by molar-refractivity contribution is 6.06. The number of aliphatic hydroxyl groups is 1. The van der Waals surface area contributed by atoms with Crippen molar-refractivity contribution in [3.63, 3.8) is 0 Å². The van der Waals surface area contributed by atoms with Crippen LogP contribution in [-0.2, 0) is 0 Å². The first kappa shape index (κ1) is 19.5. The molecule has 4 rings (SSSR count). The molecule has 30 heavy (non-hydrogen) atoms. The van der Waals surface area contributed by atoms with Gasteiger partial charge in [0.1, 0.15) is 12.4 Å². The fourth-order valence-corrected chi connectivity index (χ4v) is 3.21. The Morgan fingerprint density at radius 2 is 1.63 bits per heavy atom. The maximum absolute atomic E-state index is 12.1. The minimum Gasteiger partial charge on any atom is -0.491 e. The number of aliphatic hydroxyl groups excluding tert-OH is 1. The molecule has 7 nitrogen and oxygen atoms in total. The van der Waals surface area contributed by atoms with E-state index in [1.165, 1.54) is 0 Å². The molecular weight excluding hydrogens is 382 g/mol. The first-order valence-electron chi connectivity index (χ1n) is 9.33. The van der Waals surface area contributed by atoms with Gasteiger partial charge < -0.3 is 9.84 Å². The fourth-order valence-electron chi connectivity index (χ4n) is 3.21. The number of hydrogen-bond acceptors (Lipinski definition) is 6. The highest BCUT2D eigenvalue weighted by Gasteiger charge is 2.13. The molecule has 0 spiro atoms. The van der Waals surface area contributed by atoms with Crippen LogP contribution in [0.5, 0.6) is 5.75 Å². The number of ether oxygens (including phenoxy) is 1. The molecular formula is C23H19N3O4. The van der Waals surface area contributed by atoms with E-state index in [1.807, 2.05) is 48.5 Å². The molecule has 0 aliphatic carbocycles.